The molecule has 8 heteroatoms. The largest absolute Gasteiger partial charge is 0.486 e. The molecule has 0 atom stereocenters. The highest BCUT2D eigenvalue weighted by atomic mass is 16.6. The minimum absolute atomic E-state index is 0.279. The van der Waals surface area contributed by atoms with Gasteiger partial charge in [-0.15, -0.1) is 0 Å². The van der Waals surface area contributed by atoms with E-state index in [1.807, 2.05) is 0 Å². The summed E-state index contributed by atoms with van der Waals surface area (Å²) >= 11 is 0. The van der Waals surface area contributed by atoms with E-state index in [0.29, 0.717) is 30.4 Å². The van der Waals surface area contributed by atoms with Crippen molar-refractivity contribution in [2.24, 2.45) is 0 Å². The number of likely N-dealkylation sites (N-methyl/N-ethyl adjacent to an activating group) is 1. The third-order valence-electron chi connectivity index (χ3n) is 4.81. The van der Waals surface area contributed by atoms with Crippen molar-refractivity contribution in [1.82, 2.24) is 14.9 Å². The fourth-order valence-electron chi connectivity index (χ4n) is 3.21. The summed E-state index contributed by atoms with van der Waals surface area (Å²) in [5.41, 5.74) is 0.909. The van der Waals surface area contributed by atoms with Gasteiger partial charge in [0.1, 0.15) is 24.7 Å². The molecule has 0 bridgehead atoms. The number of anilines is 2. The maximum absolute atomic E-state index is 12.4. The summed E-state index contributed by atoms with van der Waals surface area (Å²) in [6, 6.07) is 5.32. The lowest BCUT2D eigenvalue weighted by atomic mass is 10.2. The van der Waals surface area contributed by atoms with Crippen LogP contribution in [0.1, 0.15) is 17.4 Å². The summed E-state index contributed by atoms with van der Waals surface area (Å²) in [6.07, 6.45) is 3.19. The molecular formula is C19H23N5O3. The molecule has 3 heterocycles. The normalized spacial score (nSPS) is 16.9. The van der Waals surface area contributed by atoms with Crippen LogP contribution >= 0.6 is 0 Å². The van der Waals surface area contributed by atoms with Gasteiger partial charge < -0.3 is 24.6 Å². The van der Waals surface area contributed by atoms with Gasteiger partial charge in [0.15, 0.2) is 11.5 Å². The first-order valence-corrected chi connectivity index (χ1v) is 9.23. The smallest absolute Gasteiger partial charge is 0.275 e. The average Bonchev–Trinajstić information content (AvgIpc) is 2.74. The molecule has 0 radical (unpaired) electrons. The molecule has 2 aliphatic heterocycles. The molecule has 1 saturated heterocycles. The average molecular weight is 369 g/mol. The Morgan fingerprint density at radius 3 is 2.56 bits per heavy atom. The Kier molecular flexibility index (Phi) is 5.06. The van der Waals surface area contributed by atoms with Crippen LogP contribution in [0.15, 0.2) is 30.6 Å². The zero-order valence-corrected chi connectivity index (χ0v) is 15.4. The molecule has 0 saturated carbocycles. The third-order valence-corrected chi connectivity index (χ3v) is 4.81. The topological polar surface area (TPSA) is 79.8 Å². The Morgan fingerprint density at radius 2 is 1.85 bits per heavy atom. The number of nitrogens with zero attached hydrogens (tertiary/aromatic N) is 4. The zero-order chi connectivity index (χ0) is 18.6. The molecule has 0 spiro atoms. The lowest BCUT2D eigenvalue weighted by molar-refractivity contribution is 0.102. The van der Waals surface area contributed by atoms with E-state index < -0.39 is 0 Å². The van der Waals surface area contributed by atoms with Crippen molar-refractivity contribution in [2.75, 3.05) is 56.2 Å². The number of nitrogens with one attached hydrogen (secondary N) is 1. The molecule has 8 nitrogen and oxygen atoms in total. The summed E-state index contributed by atoms with van der Waals surface area (Å²) in [5, 5.41) is 2.82. The molecule has 1 aromatic heterocycles. The van der Waals surface area contributed by atoms with E-state index >= 15 is 0 Å². The minimum Gasteiger partial charge on any atom is -0.486 e. The fraction of sp³-hybridized carbons (Fsp3) is 0.421. The maximum atomic E-state index is 12.4. The van der Waals surface area contributed by atoms with Crippen molar-refractivity contribution in [3.8, 4) is 11.5 Å². The van der Waals surface area contributed by atoms with Crippen LogP contribution in [-0.2, 0) is 0 Å². The summed E-state index contributed by atoms with van der Waals surface area (Å²) in [6.45, 7) is 8.16. The predicted molar refractivity (Wildman–Crippen MR) is 102 cm³/mol. The van der Waals surface area contributed by atoms with Gasteiger partial charge in [0.25, 0.3) is 5.91 Å². The first kappa shape index (κ1) is 17.5. The standard InChI is InChI=1S/C19H23N5O3/c1-2-23-5-7-24(8-6-23)18-13-20-15(12-21-18)19(25)22-14-3-4-16-17(11-14)27-10-9-26-16/h3-4,11-13H,2,5-10H2,1H3,(H,22,25). The molecule has 4 rings (SSSR count). The van der Waals surface area contributed by atoms with E-state index in [0.717, 1.165) is 38.5 Å². The molecular weight excluding hydrogens is 346 g/mol. The van der Waals surface area contributed by atoms with Crippen LogP contribution in [0, 0.1) is 0 Å². The highest BCUT2D eigenvalue weighted by Gasteiger charge is 2.18. The Morgan fingerprint density at radius 1 is 1.07 bits per heavy atom. The number of fused-ring (bicyclic) bond motifs is 1. The second-order valence-electron chi connectivity index (χ2n) is 6.49. The maximum Gasteiger partial charge on any atom is 0.275 e. The Balaban J connectivity index is 1.39. The second kappa shape index (κ2) is 7.79. The van der Waals surface area contributed by atoms with Crippen molar-refractivity contribution in [3.63, 3.8) is 0 Å². The van der Waals surface area contributed by atoms with Crippen LogP contribution in [0.25, 0.3) is 0 Å². The quantitative estimate of drug-likeness (QED) is 0.878. The number of hydrogen-bond acceptors (Lipinski definition) is 7. The molecule has 27 heavy (non-hydrogen) atoms. The van der Waals surface area contributed by atoms with Crippen LogP contribution in [0.3, 0.4) is 0 Å². The number of carbonyl (C=O) groups excluding carboxylic acids is 1. The van der Waals surface area contributed by atoms with Crippen LogP contribution in [-0.4, -0.2) is 66.7 Å². The molecule has 2 aromatic rings. The zero-order valence-electron chi connectivity index (χ0n) is 15.4. The summed E-state index contributed by atoms with van der Waals surface area (Å²) in [5.74, 6) is 1.82. The molecule has 142 valence electrons. The third kappa shape index (κ3) is 3.95. The first-order chi connectivity index (χ1) is 13.2. The number of ether oxygens (including phenoxy) is 2. The molecule has 1 aromatic carbocycles. The Bertz CT molecular complexity index is 803. The molecule has 0 aliphatic carbocycles. The molecule has 1 amide bonds. The van der Waals surface area contributed by atoms with Crippen LogP contribution in [0.4, 0.5) is 11.5 Å². The SMILES string of the molecule is CCN1CCN(c2cnc(C(=O)Nc3ccc4c(c3)OCCO4)cn2)CC1. The van der Waals surface area contributed by atoms with E-state index in [4.69, 9.17) is 9.47 Å². The monoisotopic (exact) mass is 369 g/mol. The number of rotatable bonds is 4. The number of carbonyl (C=O) groups is 1. The lowest BCUT2D eigenvalue weighted by Crippen LogP contribution is -2.46. The van der Waals surface area contributed by atoms with Gasteiger partial charge >= 0.3 is 0 Å². The van der Waals surface area contributed by atoms with Gasteiger partial charge in [0.2, 0.25) is 0 Å². The van der Waals surface area contributed by atoms with E-state index in [2.05, 4.69) is 32.0 Å². The van der Waals surface area contributed by atoms with E-state index in [-0.39, 0.29) is 11.6 Å². The van der Waals surface area contributed by atoms with Crippen molar-refractivity contribution >= 4 is 17.4 Å². The van der Waals surface area contributed by atoms with Gasteiger partial charge in [-0.25, -0.2) is 9.97 Å². The molecule has 2 aliphatic rings. The van der Waals surface area contributed by atoms with Gasteiger partial charge in [-0.3, -0.25) is 4.79 Å². The summed E-state index contributed by atoms with van der Waals surface area (Å²) in [7, 11) is 0. The number of hydrogen-bond donors (Lipinski definition) is 1. The molecule has 1 fully saturated rings. The van der Waals surface area contributed by atoms with Crippen molar-refractivity contribution < 1.29 is 14.3 Å². The Hall–Kier alpha value is -2.87. The fourth-order valence-corrected chi connectivity index (χ4v) is 3.21. The summed E-state index contributed by atoms with van der Waals surface area (Å²) in [4.78, 5) is 25.8. The lowest BCUT2D eigenvalue weighted by Gasteiger charge is -2.34. The first-order valence-electron chi connectivity index (χ1n) is 9.23. The Labute approximate surface area is 158 Å². The van der Waals surface area contributed by atoms with Gasteiger partial charge in [0, 0.05) is 37.9 Å². The van der Waals surface area contributed by atoms with E-state index in [1.54, 1.807) is 24.4 Å². The van der Waals surface area contributed by atoms with Gasteiger partial charge in [-0.05, 0) is 18.7 Å². The van der Waals surface area contributed by atoms with Crippen molar-refractivity contribution in [1.29, 1.82) is 0 Å². The number of aromatic nitrogens is 2. The van der Waals surface area contributed by atoms with Crippen molar-refractivity contribution in [3.05, 3.63) is 36.3 Å². The van der Waals surface area contributed by atoms with Crippen LogP contribution in [0.2, 0.25) is 0 Å². The van der Waals surface area contributed by atoms with E-state index in [1.165, 1.54) is 6.20 Å². The molecule has 0 unspecified atom stereocenters. The molecule has 1 N–H and O–H groups in total. The van der Waals surface area contributed by atoms with Gasteiger partial charge in [0.05, 0.1) is 12.4 Å². The van der Waals surface area contributed by atoms with Crippen molar-refractivity contribution in [2.45, 2.75) is 6.92 Å². The highest BCUT2D eigenvalue weighted by Crippen LogP contribution is 2.32. The predicted octanol–water partition coefficient (Wildman–Crippen LogP) is 1.64. The minimum atomic E-state index is -0.304. The number of amides is 1. The highest BCUT2D eigenvalue weighted by molar-refractivity contribution is 6.02. The number of piperazine rings is 1. The van der Waals surface area contributed by atoms with Gasteiger partial charge in [-0.2, -0.15) is 0 Å². The van der Waals surface area contributed by atoms with E-state index in [9.17, 15) is 4.79 Å². The summed E-state index contributed by atoms with van der Waals surface area (Å²) < 4.78 is 11.0. The second-order valence-corrected chi connectivity index (χ2v) is 6.49. The van der Waals surface area contributed by atoms with Crippen LogP contribution < -0.4 is 19.7 Å². The van der Waals surface area contributed by atoms with Gasteiger partial charge in [-0.1, -0.05) is 6.92 Å². The number of benzene rings is 1. The van der Waals surface area contributed by atoms with Crippen LogP contribution in [0.5, 0.6) is 11.5 Å².